The zero-order chi connectivity index (χ0) is 12.1. The number of carbonyl (C=O) groups is 1. The monoisotopic (exact) mass is 252 g/mol. The molecule has 2 rings (SSSR count). The van der Waals surface area contributed by atoms with Gasteiger partial charge >= 0.3 is 0 Å². The van der Waals surface area contributed by atoms with E-state index >= 15 is 0 Å². The molecule has 17 heavy (non-hydrogen) atoms. The molecule has 0 bridgehead atoms. The number of thiophene rings is 1. The Morgan fingerprint density at radius 2 is 2.53 bits per heavy atom. The van der Waals surface area contributed by atoms with E-state index in [2.05, 4.69) is 12.2 Å². The second-order valence-corrected chi connectivity index (χ2v) is 5.29. The molecule has 1 unspecified atom stereocenters. The maximum atomic E-state index is 12.4. The summed E-state index contributed by atoms with van der Waals surface area (Å²) in [5.74, 6) is 0.196. The third-order valence-corrected chi connectivity index (χ3v) is 3.89. The van der Waals surface area contributed by atoms with Crippen molar-refractivity contribution < 1.29 is 4.79 Å². The van der Waals surface area contributed by atoms with Crippen LogP contribution in [0, 0.1) is 0 Å². The summed E-state index contributed by atoms with van der Waals surface area (Å²) in [6.07, 6.45) is 3.32. The van der Waals surface area contributed by atoms with E-state index in [1.807, 2.05) is 21.7 Å². The van der Waals surface area contributed by atoms with Gasteiger partial charge in [-0.1, -0.05) is 6.92 Å². The maximum absolute atomic E-state index is 12.4. The van der Waals surface area contributed by atoms with Crippen LogP contribution in [0.15, 0.2) is 16.8 Å². The van der Waals surface area contributed by atoms with Crippen molar-refractivity contribution in [2.75, 3.05) is 19.6 Å². The summed E-state index contributed by atoms with van der Waals surface area (Å²) in [4.78, 5) is 14.4. The van der Waals surface area contributed by atoms with Crippen LogP contribution in [0.5, 0.6) is 0 Å². The second-order valence-electron chi connectivity index (χ2n) is 4.51. The van der Waals surface area contributed by atoms with Gasteiger partial charge in [-0.15, -0.1) is 0 Å². The van der Waals surface area contributed by atoms with Crippen LogP contribution in [0.4, 0.5) is 0 Å². The standard InChI is InChI=1S/C13H20N2OS/c1-2-7-15(12-4-3-6-14-9-12)13(16)11-5-8-17-10-11/h5,8,10,12,14H,2-4,6-7,9H2,1H3. The predicted molar refractivity (Wildman–Crippen MR) is 71.5 cm³/mol. The van der Waals surface area contributed by atoms with Crippen LogP contribution >= 0.6 is 11.3 Å². The van der Waals surface area contributed by atoms with E-state index in [0.29, 0.717) is 6.04 Å². The first-order valence-corrected chi connectivity index (χ1v) is 7.31. The summed E-state index contributed by atoms with van der Waals surface area (Å²) in [6.45, 7) is 5.02. The van der Waals surface area contributed by atoms with Crippen LogP contribution in [-0.2, 0) is 0 Å². The van der Waals surface area contributed by atoms with E-state index in [4.69, 9.17) is 0 Å². The lowest BCUT2D eigenvalue weighted by atomic mass is 10.0. The Morgan fingerprint density at radius 3 is 3.12 bits per heavy atom. The van der Waals surface area contributed by atoms with Crippen molar-refractivity contribution in [3.63, 3.8) is 0 Å². The molecule has 1 N–H and O–H groups in total. The zero-order valence-corrected chi connectivity index (χ0v) is 11.1. The number of carbonyl (C=O) groups excluding carboxylic acids is 1. The van der Waals surface area contributed by atoms with Gasteiger partial charge in [0.15, 0.2) is 0 Å². The summed E-state index contributed by atoms with van der Waals surface area (Å²) in [5, 5.41) is 7.30. The highest BCUT2D eigenvalue weighted by Crippen LogP contribution is 2.16. The first kappa shape index (κ1) is 12.6. The van der Waals surface area contributed by atoms with E-state index in [1.165, 1.54) is 6.42 Å². The topological polar surface area (TPSA) is 32.3 Å². The van der Waals surface area contributed by atoms with Gasteiger partial charge in [-0.2, -0.15) is 11.3 Å². The average molecular weight is 252 g/mol. The molecule has 2 heterocycles. The minimum absolute atomic E-state index is 0.196. The fourth-order valence-electron chi connectivity index (χ4n) is 2.34. The van der Waals surface area contributed by atoms with Gasteiger partial charge in [-0.25, -0.2) is 0 Å². The summed E-state index contributed by atoms with van der Waals surface area (Å²) >= 11 is 1.59. The lowest BCUT2D eigenvalue weighted by molar-refractivity contribution is 0.0649. The molecule has 1 aromatic rings. The molecule has 0 radical (unpaired) electrons. The molecule has 1 fully saturated rings. The minimum atomic E-state index is 0.196. The smallest absolute Gasteiger partial charge is 0.254 e. The molecule has 1 aromatic heterocycles. The van der Waals surface area contributed by atoms with Crippen LogP contribution in [0.25, 0.3) is 0 Å². The lowest BCUT2D eigenvalue weighted by Gasteiger charge is -2.34. The van der Waals surface area contributed by atoms with Gasteiger partial charge in [0, 0.05) is 24.5 Å². The number of amides is 1. The third-order valence-electron chi connectivity index (χ3n) is 3.21. The molecule has 3 nitrogen and oxygen atoms in total. The molecule has 1 aliphatic rings. The van der Waals surface area contributed by atoms with E-state index < -0.39 is 0 Å². The molecule has 0 aromatic carbocycles. The molecule has 0 aliphatic carbocycles. The van der Waals surface area contributed by atoms with Crippen LogP contribution in [0.1, 0.15) is 36.5 Å². The zero-order valence-electron chi connectivity index (χ0n) is 10.3. The van der Waals surface area contributed by atoms with Crippen molar-refractivity contribution in [1.82, 2.24) is 10.2 Å². The summed E-state index contributed by atoms with van der Waals surface area (Å²) in [5.41, 5.74) is 0.842. The van der Waals surface area contributed by atoms with Crippen LogP contribution in [-0.4, -0.2) is 36.5 Å². The van der Waals surface area contributed by atoms with Crippen molar-refractivity contribution in [1.29, 1.82) is 0 Å². The molecule has 4 heteroatoms. The van der Waals surface area contributed by atoms with Gasteiger partial charge in [-0.05, 0) is 37.3 Å². The Hall–Kier alpha value is -0.870. The van der Waals surface area contributed by atoms with E-state index in [9.17, 15) is 4.79 Å². The predicted octanol–water partition coefficient (Wildman–Crippen LogP) is 2.35. The number of piperidine rings is 1. The first-order chi connectivity index (χ1) is 8.33. The Labute approximate surface area is 107 Å². The molecule has 1 saturated heterocycles. The summed E-state index contributed by atoms with van der Waals surface area (Å²) in [7, 11) is 0. The van der Waals surface area contributed by atoms with Gasteiger partial charge in [0.2, 0.25) is 0 Å². The maximum Gasteiger partial charge on any atom is 0.254 e. The molecule has 0 saturated carbocycles. The summed E-state index contributed by atoms with van der Waals surface area (Å²) < 4.78 is 0. The van der Waals surface area contributed by atoms with Gasteiger partial charge in [0.1, 0.15) is 0 Å². The number of nitrogens with one attached hydrogen (secondary N) is 1. The van der Waals surface area contributed by atoms with Crippen molar-refractivity contribution in [3.8, 4) is 0 Å². The highest BCUT2D eigenvalue weighted by atomic mass is 32.1. The number of hydrogen-bond donors (Lipinski definition) is 1. The van der Waals surface area contributed by atoms with Crippen LogP contribution in [0.3, 0.4) is 0 Å². The second kappa shape index (κ2) is 6.17. The SMILES string of the molecule is CCCN(C(=O)c1ccsc1)C1CCCNC1. The Balaban J connectivity index is 2.07. The quantitative estimate of drug-likeness (QED) is 0.892. The Kier molecular flexibility index (Phi) is 4.57. The number of hydrogen-bond acceptors (Lipinski definition) is 3. The van der Waals surface area contributed by atoms with Gasteiger partial charge in [0.25, 0.3) is 5.91 Å². The van der Waals surface area contributed by atoms with Crippen molar-refractivity contribution >= 4 is 17.2 Å². The molecule has 0 spiro atoms. The third kappa shape index (κ3) is 3.07. The van der Waals surface area contributed by atoms with Crippen molar-refractivity contribution in [3.05, 3.63) is 22.4 Å². The Bertz CT molecular complexity index is 344. The van der Waals surface area contributed by atoms with E-state index in [0.717, 1.165) is 38.0 Å². The van der Waals surface area contributed by atoms with E-state index in [-0.39, 0.29) is 5.91 Å². The molecular weight excluding hydrogens is 232 g/mol. The molecular formula is C13H20N2OS. The normalized spacial score (nSPS) is 20.2. The lowest BCUT2D eigenvalue weighted by Crippen LogP contribution is -2.48. The van der Waals surface area contributed by atoms with Gasteiger partial charge in [0.05, 0.1) is 5.56 Å². The highest BCUT2D eigenvalue weighted by molar-refractivity contribution is 7.08. The molecule has 1 aliphatic heterocycles. The van der Waals surface area contributed by atoms with E-state index in [1.54, 1.807) is 11.3 Å². The van der Waals surface area contributed by atoms with Crippen molar-refractivity contribution in [2.24, 2.45) is 0 Å². The van der Waals surface area contributed by atoms with Gasteiger partial charge in [-0.3, -0.25) is 4.79 Å². The Morgan fingerprint density at radius 1 is 1.65 bits per heavy atom. The first-order valence-electron chi connectivity index (χ1n) is 6.36. The largest absolute Gasteiger partial charge is 0.334 e. The summed E-state index contributed by atoms with van der Waals surface area (Å²) in [6, 6.07) is 2.29. The van der Waals surface area contributed by atoms with Crippen LogP contribution < -0.4 is 5.32 Å². The average Bonchev–Trinajstić information content (AvgIpc) is 2.90. The van der Waals surface area contributed by atoms with Gasteiger partial charge < -0.3 is 10.2 Å². The fraction of sp³-hybridized carbons (Fsp3) is 0.615. The number of rotatable bonds is 4. The number of nitrogens with zero attached hydrogens (tertiary/aromatic N) is 1. The van der Waals surface area contributed by atoms with Crippen molar-refractivity contribution in [2.45, 2.75) is 32.2 Å². The minimum Gasteiger partial charge on any atom is -0.334 e. The molecule has 94 valence electrons. The highest BCUT2D eigenvalue weighted by Gasteiger charge is 2.25. The molecule has 1 amide bonds. The fourth-order valence-corrected chi connectivity index (χ4v) is 2.97. The molecule has 1 atom stereocenters. The van der Waals surface area contributed by atoms with Crippen LogP contribution in [0.2, 0.25) is 0 Å².